The van der Waals surface area contributed by atoms with Crippen molar-refractivity contribution in [3.8, 4) is 5.75 Å². The Balaban J connectivity index is 1.44. The maximum absolute atomic E-state index is 13.2. The number of likely N-dealkylation sites (tertiary alicyclic amines) is 1. The summed E-state index contributed by atoms with van der Waals surface area (Å²) in [6, 6.07) is 13.6. The van der Waals surface area contributed by atoms with Crippen molar-refractivity contribution in [3.05, 3.63) is 64.7 Å². The molecule has 0 bridgehead atoms. The fourth-order valence-electron chi connectivity index (χ4n) is 5.30. The van der Waals surface area contributed by atoms with E-state index in [9.17, 15) is 14.4 Å². The molecular weight excluding hydrogens is 406 g/mol. The highest BCUT2D eigenvalue weighted by molar-refractivity contribution is 6.02. The van der Waals surface area contributed by atoms with Crippen molar-refractivity contribution < 1.29 is 19.1 Å². The third-order valence-corrected chi connectivity index (χ3v) is 7.06. The fourth-order valence-corrected chi connectivity index (χ4v) is 5.30. The van der Waals surface area contributed by atoms with E-state index in [1.54, 1.807) is 20.0 Å². The first-order valence-corrected chi connectivity index (χ1v) is 11.1. The molecule has 7 heteroatoms. The lowest BCUT2D eigenvalue weighted by Crippen LogP contribution is -2.36. The minimum atomic E-state index is -0.280. The number of carbonyl (C=O) groups excluding carboxylic acids is 3. The first-order chi connectivity index (χ1) is 15.4. The van der Waals surface area contributed by atoms with Crippen molar-refractivity contribution in [2.75, 3.05) is 20.1 Å². The topological polar surface area (TPSA) is 87.7 Å². The number of benzene rings is 2. The summed E-state index contributed by atoms with van der Waals surface area (Å²) in [7, 11) is 1.57. The average Bonchev–Trinajstić information content (AvgIpc) is 3.12. The molecule has 3 amide bonds. The molecule has 5 atom stereocenters. The molecule has 1 saturated heterocycles. The predicted molar refractivity (Wildman–Crippen MR) is 119 cm³/mol. The maximum Gasteiger partial charge on any atom is 0.254 e. The van der Waals surface area contributed by atoms with Gasteiger partial charge in [-0.15, -0.1) is 0 Å². The molecule has 2 aliphatic heterocycles. The second-order valence-corrected chi connectivity index (χ2v) is 8.98. The van der Waals surface area contributed by atoms with E-state index < -0.39 is 0 Å². The van der Waals surface area contributed by atoms with Crippen LogP contribution in [0.4, 0.5) is 0 Å². The molecule has 166 valence electrons. The highest BCUT2D eigenvalue weighted by atomic mass is 16.5. The van der Waals surface area contributed by atoms with Gasteiger partial charge in [-0.1, -0.05) is 30.3 Å². The Morgan fingerprint density at radius 1 is 1.03 bits per heavy atom. The zero-order valence-electron chi connectivity index (χ0n) is 18.4. The lowest BCUT2D eigenvalue weighted by atomic mass is 9.87. The zero-order valence-corrected chi connectivity index (χ0v) is 18.4. The first kappa shape index (κ1) is 20.5. The summed E-state index contributed by atoms with van der Waals surface area (Å²) in [5.74, 6) is 0.717. The molecular formula is C25H27N3O4. The summed E-state index contributed by atoms with van der Waals surface area (Å²) in [5, 5.41) is 5.78. The molecule has 0 aromatic heterocycles. The van der Waals surface area contributed by atoms with Crippen LogP contribution in [0.25, 0.3) is 0 Å². The van der Waals surface area contributed by atoms with E-state index in [-0.39, 0.29) is 35.8 Å². The van der Waals surface area contributed by atoms with Gasteiger partial charge in [-0.2, -0.15) is 0 Å². The number of rotatable bonds is 4. The highest BCUT2D eigenvalue weighted by Crippen LogP contribution is 2.47. The third kappa shape index (κ3) is 3.32. The number of ether oxygens (including phenoxy) is 1. The van der Waals surface area contributed by atoms with Crippen molar-refractivity contribution in [2.24, 2.45) is 11.8 Å². The minimum absolute atomic E-state index is 0.0632. The van der Waals surface area contributed by atoms with Crippen LogP contribution in [0.1, 0.15) is 51.6 Å². The van der Waals surface area contributed by atoms with Crippen LogP contribution in [0.3, 0.4) is 0 Å². The molecule has 2 aromatic rings. The van der Waals surface area contributed by atoms with E-state index in [4.69, 9.17) is 4.74 Å². The number of amides is 3. The van der Waals surface area contributed by atoms with Gasteiger partial charge in [0.25, 0.3) is 11.8 Å². The van der Waals surface area contributed by atoms with Crippen LogP contribution in [0.5, 0.6) is 5.75 Å². The number of nitrogens with one attached hydrogen (secondary N) is 2. The molecule has 2 fully saturated rings. The molecule has 2 heterocycles. The van der Waals surface area contributed by atoms with Crippen LogP contribution in [-0.4, -0.2) is 54.9 Å². The summed E-state index contributed by atoms with van der Waals surface area (Å²) in [6.07, 6.45) is -0.158. The first-order valence-electron chi connectivity index (χ1n) is 11.1. The lowest BCUT2D eigenvalue weighted by molar-refractivity contribution is -0.128. The van der Waals surface area contributed by atoms with Gasteiger partial charge >= 0.3 is 0 Å². The Morgan fingerprint density at radius 2 is 1.72 bits per heavy atom. The monoisotopic (exact) mass is 433 g/mol. The van der Waals surface area contributed by atoms with Gasteiger partial charge in [-0.05, 0) is 24.6 Å². The molecule has 2 N–H and O–H groups in total. The number of piperidine rings is 1. The van der Waals surface area contributed by atoms with Gasteiger partial charge in [-0.3, -0.25) is 14.4 Å². The number of fused-ring (bicyclic) bond motifs is 2. The van der Waals surface area contributed by atoms with Gasteiger partial charge in [0.2, 0.25) is 5.91 Å². The van der Waals surface area contributed by atoms with E-state index in [1.165, 1.54) is 0 Å². The SMILES string of the molecule is CNC(=O)c1cc(C(=O)NC2[C@H]3CN(C(C)=O)C[C@@H]23)cc2c1O[C@@H](C)[C@@H]2c1ccccc1. The van der Waals surface area contributed by atoms with Gasteiger partial charge < -0.3 is 20.3 Å². The summed E-state index contributed by atoms with van der Waals surface area (Å²) in [4.78, 5) is 39.2. The van der Waals surface area contributed by atoms with Crippen molar-refractivity contribution in [1.82, 2.24) is 15.5 Å². The molecule has 7 nitrogen and oxygen atoms in total. The molecule has 32 heavy (non-hydrogen) atoms. The van der Waals surface area contributed by atoms with E-state index in [0.29, 0.717) is 41.8 Å². The van der Waals surface area contributed by atoms with E-state index in [0.717, 1.165) is 11.1 Å². The molecule has 0 radical (unpaired) electrons. The van der Waals surface area contributed by atoms with Crippen molar-refractivity contribution in [1.29, 1.82) is 0 Å². The second-order valence-electron chi connectivity index (χ2n) is 8.98. The van der Waals surface area contributed by atoms with Gasteiger partial charge in [0.1, 0.15) is 11.9 Å². The summed E-state index contributed by atoms with van der Waals surface area (Å²) >= 11 is 0. The van der Waals surface area contributed by atoms with Crippen molar-refractivity contribution in [3.63, 3.8) is 0 Å². The number of hydrogen-bond donors (Lipinski definition) is 2. The molecule has 1 saturated carbocycles. The minimum Gasteiger partial charge on any atom is -0.489 e. The Kier molecular flexibility index (Phi) is 4.92. The number of carbonyl (C=O) groups is 3. The molecule has 1 unspecified atom stereocenters. The van der Waals surface area contributed by atoms with Crippen LogP contribution >= 0.6 is 0 Å². The smallest absolute Gasteiger partial charge is 0.254 e. The van der Waals surface area contributed by atoms with E-state index in [1.807, 2.05) is 48.2 Å². The zero-order chi connectivity index (χ0) is 22.6. The van der Waals surface area contributed by atoms with Crippen molar-refractivity contribution >= 4 is 17.7 Å². The standard InChI is InChI=1S/C25H27N3O4/c1-13-21(15-7-5-4-6-8-15)17-9-16(10-18(23(17)32-13)25(31)26-3)24(30)27-22-19-11-28(14(2)29)12-20(19)22/h4-10,13,19-22H,11-12H2,1-3H3,(H,26,31)(H,27,30)/t13-,19-,20+,21+,22?/m0/s1. The normalized spacial score (nSPS) is 27.2. The Hall–Kier alpha value is -3.35. The Labute approximate surface area is 187 Å². The predicted octanol–water partition coefficient (Wildman–Crippen LogP) is 2.17. The lowest BCUT2D eigenvalue weighted by Gasteiger charge is -2.18. The maximum atomic E-state index is 13.2. The van der Waals surface area contributed by atoms with Gasteiger partial charge in [0.15, 0.2) is 0 Å². The van der Waals surface area contributed by atoms with Gasteiger partial charge in [0.05, 0.1) is 5.56 Å². The van der Waals surface area contributed by atoms with Crippen LogP contribution in [0.15, 0.2) is 42.5 Å². The number of nitrogens with zero attached hydrogens (tertiary/aromatic N) is 1. The van der Waals surface area contributed by atoms with E-state index >= 15 is 0 Å². The molecule has 5 rings (SSSR count). The molecule has 0 spiro atoms. The van der Waals surface area contributed by atoms with Crippen LogP contribution < -0.4 is 15.4 Å². The number of hydrogen-bond acceptors (Lipinski definition) is 4. The largest absolute Gasteiger partial charge is 0.489 e. The third-order valence-electron chi connectivity index (χ3n) is 7.06. The molecule has 3 aliphatic rings. The summed E-state index contributed by atoms with van der Waals surface area (Å²) < 4.78 is 6.12. The summed E-state index contributed by atoms with van der Waals surface area (Å²) in [5.41, 5.74) is 2.77. The van der Waals surface area contributed by atoms with Gasteiger partial charge in [-0.25, -0.2) is 0 Å². The van der Waals surface area contributed by atoms with Crippen LogP contribution in [0, 0.1) is 11.8 Å². The van der Waals surface area contributed by atoms with Gasteiger partial charge in [0, 0.05) is 62.0 Å². The van der Waals surface area contributed by atoms with E-state index in [2.05, 4.69) is 10.6 Å². The second kappa shape index (κ2) is 7.65. The molecule has 1 aliphatic carbocycles. The highest BCUT2D eigenvalue weighted by Gasteiger charge is 2.57. The quantitative estimate of drug-likeness (QED) is 0.774. The Bertz CT molecular complexity index is 1090. The van der Waals surface area contributed by atoms with Crippen molar-refractivity contribution in [2.45, 2.75) is 31.9 Å². The average molecular weight is 434 g/mol. The fraction of sp³-hybridized carbons (Fsp3) is 0.400. The summed E-state index contributed by atoms with van der Waals surface area (Å²) in [6.45, 7) is 4.95. The van der Waals surface area contributed by atoms with Crippen LogP contribution in [-0.2, 0) is 4.79 Å². The Morgan fingerprint density at radius 3 is 2.34 bits per heavy atom. The molecule has 2 aromatic carbocycles. The van der Waals surface area contributed by atoms with Crippen LogP contribution in [0.2, 0.25) is 0 Å².